The molecule has 1 aromatic rings. The average molecular weight is 261 g/mol. The third-order valence-electron chi connectivity index (χ3n) is 2.96. The summed E-state index contributed by atoms with van der Waals surface area (Å²) in [6.07, 6.45) is 0. The molecule has 0 fully saturated rings. The van der Waals surface area contributed by atoms with Crippen molar-refractivity contribution >= 4 is 11.8 Å². The van der Waals surface area contributed by atoms with Crippen molar-refractivity contribution in [2.75, 3.05) is 6.54 Å². The van der Waals surface area contributed by atoms with Crippen LogP contribution in [0.2, 0.25) is 0 Å². The lowest BCUT2D eigenvalue weighted by Crippen LogP contribution is -2.39. The van der Waals surface area contributed by atoms with Crippen molar-refractivity contribution in [3.8, 4) is 0 Å². The van der Waals surface area contributed by atoms with E-state index in [1.807, 2.05) is 26.0 Å². The molecule has 0 atom stereocenters. The lowest BCUT2D eigenvalue weighted by atomic mass is 10.1. The zero-order valence-electron chi connectivity index (χ0n) is 11.2. The Labute approximate surface area is 112 Å². The van der Waals surface area contributed by atoms with Gasteiger partial charge in [-0.1, -0.05) is 6.07 Å². The van der Waals surface area contributed by atoms with E-state index >= 15 is 0 Å². The minimum absolute atomic E-state index is 0.00630. The first-order valence-corrected chi connectivity index (χ1v) is 6.46. The van der Waals surface area contributed by atoms with Gasteiger partial charge in [0, 0.05) is 24.7 Å². The molecular weight excluding hydrogens is 242 g/mol. The summed E-state index contributed by atoms with van der Waals surface area (Å²) in [7, 11) is 0. The Morgan fingerprint density at radius 2 is 2.00 bits per heavy atom. The van der Waals surface area contributed by atoms with Crippen LogP contribution in [0.3, 0.4) is 0 Å². The molecule has 2 amide bonds. The highest BCUT2D eigenvalue weighted by Crippen LogP contribution is 2.16. The Morgan fingerprint density at radius 1 is 1.26 bits per heavy atom. The number of hydrogen-bond acceptors (Lipinski definition) is 3. The number of carbonyl (C=O) groups excluding carboxylic acids is 2. The molecular formula is C14H19N3O2. The van der Waals surface area contributed by atoms with E-state index in [1.54, 1.807) is 6.07 Å². The molecule has 5 heteroatoms. The summed E-state index contributed by atoms with van der Waals surface area (Å²) in [6.45, 7) is 5.42. The number of amides is 2. The predicted octanol–water partition coefficient (Wildman–Crippen LogP) is 0.544. The topological polar surface area (TPSA) is 70.2 Å². The van der Waals surface area contributed by atoms with Crippen molar-refractivity contribution in [3.05, 3.63) is 34.9 Å². The minimum atomic E-state index is -0.214. The van der Waals surface area contributed by atoms with Crippen LogP contribution in [-0.2, 0) is 17.9 Å². The van der Waals surface area contributed by atoms with Gasteiger partial charge in [0.1, 0.15) is 0 Å². The van der Waals surface area contributed by atoms with E-state index in [2.05, 4.69) is 16.0 Å². The van der Waals surface area contributed by atoms with E-state index in [4.69, 9.17) is 0 Å². The summed E-state index contributed by atoms with van der Waals surface area (Å²) in [5.41, 5.74) is 2.98. The van der Waals surface area contributed by atoms with Gasteiger partial charge in [0.25, 0.3) is 5.91 Å². The van der Waals surface area contributed by atoms with Gasteiger partial charge in [-0.3, -0.25) is 9.59 Å². The first-order valence-electron chi connectivity index (χ1n) is 6.46. The van der Waals surface area contributed by atoms with E-state index < -0.39 is 0 Å². The SMILES string of the molecule is CC(C)NC(=O)CNC(=O)c1ccc2c(c1)CNC2. The molecule has 0 aromatic heterocycles. The maximum absolute atomic E-state index is 11.9. The molecule has 19 heavy (non-hydrogen) atoms. The quantitative estimate of drug-likeness (QED) is 0.741. The molecule has 0 aliphatic carbocycles. The highest BCUT2D eigenvalue weighted by atomic mass is 16.2. The molecule has 0 spiro atoms. The van der Waals surface area contributed by atoms with Gasteiger partial charge in [-0.2, -0.15) is 0 Å². The van der Waals surface area contributed by atoms with Crippen molar-refractivity contribution < 1.29 is 9.59 Å². The molecule has 0 saturated heterocycles. The van der Waals surface area contributed by atoms with Crippen LogP contribution in [0, 0.1) is 0 Å². The summed E-state index contributed by atoms with van der Waals surface area (Å²) in [6, 6.07) is 5.71. The van der Waals surface area contributed by atoms with Crippen LogP contribution in [0.4, 0.5) is 0 Å². The highest BCUT2D eigenvalue weighted by Gasteiger charge is 2.14. The molecule has 2 rings (SSSR count). The summed E-state index contributed by atoms with van der Waals surface area (Å²) in [5, 5.41) is 8.58. The van der Waals surface area contributed by atoms with Gasteiger partial charge in [-0.15, -0.1) is 0 Å². The second-order valence-corrected chi connectivity index (χ2v) is 4.99. The molecule has 1 aliphatic heterocycles. The van der Waals surface area contributed by atoms with Crippen molar-refractivity contribution in [1.29, 1.82) is 0 Å². The second kappa shape index (κ2) is 5.84. The van der Waals surface area contributed by atoms with Crippen LogP contribution in [0.25, 0.3) is 0 Å². The van der Waals surface area contributed by atoms with Gasteiger partial charge in [0.15, 0.2) is 0 Å². The van der Waals surface area contributed by atoms with E-state index in [0.717, 1.165) is 18.7 Å². The number of hydrogen-bond donors (Lipinski definition) is 3. The van der Waals surface area contributed by atoms with Gasteiger partial charge in [-0.25, -0.2) is 0 Å². The number of benzene rings is 1. The van der Waals surface area contributed by atoms with Crippen molar-refractivity contribution in [3.63, 3.8) is 0 Å². The molecule has 0 saturated carbocycles. The Morgan fingerprint density at radius 3 is 2.74 bits per heavy atom. The Bertz CT molecular complexity index is 497. The highest BCUT2D eigenvalue weighted by molar-refractivity contribution is 5.96. The maximum Gasteiger partial charge on any atom is 0.251 e. The fourth-order valence-electron chi connectivity index (χ4n) is 2.07. The largest absolute Gasteiger partial charge is 0.352 e. The fraction of sp³-hybridized carbons (Fsp3) is 0.429. The average Bonchev–Trinajstić information content (AvgIpc) is 2.82. The van der Waals surface area contributed by atoms with Crippen molar-refractivity contribution in [1.82, 2.24) is 16.0 Å². The number of rotatable bonds is 4. The Kier molecular flexibility index (Phi) is 4.16. The van der Waals surface area contributed by atoms with Gasteiger partial charge < -0.3 is 16.0 Å². The monoisotopic (exact) mass is 261 g/mol. The van der Waals surface area contributed by atoms with E-state index in [1.165, 1.54) is 5.56 Å². The molecule has 3 N–H and O–H groups in total. The lowest BCUT2D eigenvalue weighted by molar-refractivity contribution is -0.120. The van der Waals surface area contributed by atoms with E-state index in [0.29, 0.717) is 5.56 Å². The van der Waals surface area contributed by atoms with E-state index in [9.17, 15) is 9.59 Å². The van der Waals surface area contributed by atoms with Crippen LogP contribution in [0.1, 0.15) is 35.3 Å². The molecule has 0 unspecified atom stereocenters. The zero-order valence-corrected chi connectivity index (χ0v) is 11.2. The number of carbonyl (C=O) groups is 2. The number of nitrogens with one attached hydrogen (secondary N) is 3. The van der Waals surface area contributed by atoms with Gasteiger partial charge in [0.2, 0.25) is 5.91 Å². The molecule has 1 aromatic carbocycles. The summed E-state index contributed by atoms with van der Waals surface area (Å²) < 4.78 is 0. The van der Waals surface area contributed by atoms with Crippen LogP contribution in [0.15, 0.2) is 18.2 Å². The number of fused-ring (bicyclic) bond motifs is 1. The third-order valence-corrected chi connectivity index (χ3v) is 2.96. The van der Waals surface area contributed by atoms with Gasteiger partial charge >= 0.3 is 0 Å². The van der Waals surface area contributed by atoms with Gasteiger partial charge in [-0.05, 0) is 37.1 Å². The first-order chi connectivity index (χ1) is 9.06. The molecule has 0 radical (unpaired) electrons. The standard InChI is InChI=1S/C14H19N3O2/c1-9(2)17-13(18)8-16-14(19)10-3-4-11-6-15-7-12(11)5-10/h3-5,9,15H,6-8H2,1-2H3,(H,16,19)(H,17,18). The maximum atomic E-state index is 11.9. The lowest BCUT2D eigenvalue weighted by Gasteiger charge is -2.09. The minimum Gasteiger partial charge on any atom is -0.352 e. The van der Waals surface area contributed by atoms with Crippen LogP contribution in [-0.4, -0.2) is 24.4 Å². The van der Waals surface area contributed by atoms with Crippen LogP contribution < -0.4 is 16.0 Å². The molecule has 1 heterocycles. The zero-order chi connectivity index (χ0) is 13.8. The third kappa shape index (κ3) is 3.54. The summed E-state index contributed by atoms with van der Waals surface area (Å²) in [5.74, 6) is -0.389. The first kappa shape index (κ1) is 13.5. The second-order valence-electron chi connectivity index (χ2n) is 4.99. The molecule has 0 bridgehead atoms. The fourth-order valence-corrected chi connectivity index (χ4v) is 2.07. The Balaban J connectivity index is 1.91. The summed E-state index contributed by atoms with van der Waals surface area (Å²) in [4.78, 5) is 23.4. The molecule has 5 nitrogen and oxygen atoms in total. The van der Waals surface area contributed by atoms with Crippen molar-refractivity contribution in [2.24, 2.45) is 0 Å². The van der Waals surface area contributed by atoms with Gasteiger partial charge in [0.05, 0.1) is 6.54 Å². The normalized spacial score (nSPS) is 13.2. The molecule has 102 valence electrons. The molecule has 1 aliphatic rings. The summed E-state index contributed by atoms with van der Waals surface area (Å²) >= 11 is 0. The Hall–Kier alpha value is -1.88. The predicted molar refractivity (Wildman–Crippen MR) is 72.6 cm³/mol. The van der Waals surface area contributed by atoms with Crippen LogP contribution in [0.5, 0.6) is 0 Å². The van der Waals surface area contributed by atoms with Crippen molar-refractivity contribution in [2.45, 2.75) is 33.0 Å². The smallest absolute Gasteiger partial charge is 0.251 e. The van der Waals surface area contributed by atoms with Crippen LogP contribution >= 0.6 is 0 Å². The van der Waals surface area contributed by atoms with E-state index in [-0.39, 0.29) is 24.4 Å².